The number of ether oxygens (including phenoxy) is 1. The smallest absolute Gasteiger partial charge is 0.254 e. The molecule has 3 rings (SSSR count). The van der Waals surface area contributed by atoms with E-state index in [9.17, 15) is 4.79 Å². The number of carbonyl (C=O) groups is 1. The Hall–Kier alpha value is -2.14. The average molecular weight is 271 g/mol. The highest BCUT2D eigenvalue weighted by Crippen LogP contribution is 2.32. The summed E-state index contributed by atoms with van der Waals surface area (Å²) in [6, 6.07) is 7.54. The molecule has 1 amide bonds. The van der Waals surface area contributed by atoms with Crippen molar-refractivity contribution in [1.82, 2.24) is 4.98 Å². The molecule has 1 saturated carbocycles. The fourth-order valence-electron chi connectivity index (χ4n) is 2.67. The van der Waals surface area contributed by atoms with Crippen LogP contribution in [0, 0.1) is 0 Å². The van der Waals surface area contributed by atoms with Crippen LogP contribution in [0.1, 0.15) is 29.6 Å². The summed E-state index contributed by atoms with van der Waals surface area (Å²) in [4.78, 5) is 15.8. The molecule has 1 aromatic heterocycles. The van der Waals surface area contributed by atoms with E-state index in [4.69, 9.17) is 16.2 Å². The van der Waals surface area contributed by atoms with Gasteiger partial charge in [-0.25, -0.2) is 0 Å². The summed E-state index contributed by atoms with van der Waals surface area (Å²) >= 11 is 0. The van der Waals surface area contributed by atoms with Gasteiger partial charge < -0.3 is 16.2 Å². The molecule has 1 aliphatic carbocycles. The minimum atomic E-state index is -0.537. The highest BCUT2D eigenvalue weighted by atomic mass is 16.5. The van der Waals surface area contributed by atoms with Crippen LogP contribution in [-0.4, -0.2) is 23.0 Å². The summed E-state index contributed by atoms with van der Waals surface area (Å²) in [6.45, 7) is 0. The van der Waals surface area contributed by atoms with Gasteiger partial charge in [-0.3, -0.25) is 9.78 Å². The number of carbonyl (C=O) groups excluding carboxylic acids is 1. The molecule has 5 heteroatoms. The van der Waals surface area contributed by atoms with Crippen molar-refractivity contribution in [2.45, 2.75) is 31.4 Å². The van der Waals surface area contributed by atoms with E-state index in [1.807, 2.05) is 24.3 Å². The minimum Gasteiger partial charge on any atom is -0.487 e. The van der Waals surface area contributed by atoms with Gasteiger partial charge in [0.1, 0.15) is 17.4 Å². The van der Waals surface area contributed by atoms with Crippen molar-refractivity contribution in [2.24, 2.45) is 11.5 Å². The predicted octanol–water partition coefficient (Wildman–Crippen LogP) is 1.59. The van der Waals surface area contributed by atoms with Crippen LogP contribution in [-0.2, 0) is 0 Å². The van der Waals surface area contributed by atoms with Crippen LogP contribution in [0.2, 0.25) is 0 Å². The first kappa shape index (κ1) is 12.9. The fraction of sp³-hybridized carbons (Fsp3) is 0.333. The molecule has 5 nitrogen and oxygen atoms in total. The van der Waals surface area contributed by atoms with E-state index >= 15 is 0 Å². The van der Waals surface area contributed by atoms with Gasteiger partial charge in [0.2, 0.25) is 0 Å². The van der Waals surface area contributed by atoms with Gasteiger partial charge >= 0.3 is 0 Å². The number of nitrogens with two attached hydrogens (primary N) is 2. The maximum absolute atomic E-state index is 11.6. The number of primary amides is 1. The lowest BCUT2D eigenvalue weighted by atomic mass is 10.1. The summed E-state index contributed by atoms with van der Waals surface area (Å²) in [6.07, 6.45) is 4.29. The topological polar surface area (TPSA) is 91.2 Å². The SMILES string of the molecule is NC(=O)c1cnc2ccccc2c1OC1CCCC1N. The van der Waals surface area contributed by atoms with Gasteiger partial charge in [0.05, 0.1) is 5.52 Å². The van der Waals surface area contributed by atoms with E-state index in [1.54, 1.807) is 0 Å². The number of rotatable bonds is 3. The monoisotopic (exact) mass is 271 g/mol. The summed E-state index contributed by atoms with van der Waals surface area (Å²) in [5.74, 6) is -0.0322. The first-order chi connectivity index (χ1) is 9.66. The third kappa shape index (κ3) is 2.20. The number of hydrogen-bond acceptors (Lipinski definition) is 4. The average Bonchev–Trinajstić information content (AvgIpc) is 2.84. The number of hydrogen-bond donors (Lipinski definition) is 2. The first-order valence-electron chi connectivity index (χ1n) is 6.76. The lowest BCUT2D eigenvalue weighted by molar-refractivity contribution is 0.0992. The molecular weight excluding hydrogens is 254 g/mol. The Morgan fingerprint density at radius 1 is 1.30 bits per heavy atom. The second-order valence-electron chi connectivity index (χ2n) is 5.13. The van der Waals surface area contributed by atoms with Crippen molar-refractivity contribution in [3.63, 3.8) is 0 Å². The van der Waals surface area contributed by atoms with E-state index in [-0.39, 0.29) is 12.1 Å². The van der Waals surface area contributed by atoms with Gasteiger partial charge in [-0.2, -0.15) is 0 Å². The van der Waals surface area contributed by atoms with Crippen molar-refractivity contribution < 1.29 is 9.53 Å². The number of pyridine rings is 1. The molecule has 4 N–H and O–H groups in total. The van der Waals surface area contributed by atoms with Crippen LogP contribution in [0.3, 0.4) is 0 Å². The van der Waals surface area contributed by atoms with E-state index in [1.165, 1.54) is 6.20 Å². The van der Waals surface area contributed by atoms with E-state index in [0.717, 1.165) is 30.2 Å². The zero-order valence-electron chi connectivity index (χ0n) is 11.1. The van der Waals surface area contributed by atoms with Crippen LogP contribution in [0.5, 0.6) is 5.75 Å². The van der Waals surface area contributed by atoms with Crippen LogP contribution in [0.15, 0.2) is 30.5 Å². The zero-order chi connectivity index (χ0) is 14.1. The summed E-state index contributed by atoms with van der Waals surface area (Å²) in [5, 5.41) is 0.794. The zero-order valence-corrected chi connectivity index (χ0v) is 11.1. The first-order valence-corrected chi connectivity index (χ1v) is 6.76. The van der Waals surface area contributed by atoms with Gasteiger partial charge in [-0.1, -0.05) is 12.1 Å². The Morgan fingerprint density at radius 2 is 2.10 bits per heavy atom. The number of fused-ring (bicyclic) bond motifs is 1. The molecule has 1 aliphatic rings. The third-order valence-corrected chi connectivity index (χ3v) is 3.76. The molecule has 104 valence electrons. The molecule has 2 atom stereocenters. The maximum atomic E-state index is 11.6. The minimum absolute atomic E-state index is 0.00246. The fourth-order valence-corrected chi connectivity index (χ4v) is 2.67. The molecule has 0 radical (unpaired) electrons. The van der Waals surface area contributed by atoms with Crippen molar-refractivity contribution in [3.05, 3.63) is 36.0 Å². The van der Waals surface area contributed by atoms with Crippen molar-refractivity contribution in [1.29, 1.82) is 0 Å². The second-order valence-corrected chi connectivity index (χ2v) is 5.13. The van der Waals surface area contributed by atoms with Gasteiger partial charge in [-0.05, 0) is 31.4 Å². The Kier molecular flexibility index (Phi) is 3.28. The van der Waals surface area contributed by atoms with Crippen LogP contribution >= 0.6 is 0 Å². The number of aromatic nitrogens is 1. The summed E-state index contributed by atoms with van der Waals surface area (Å²) in [7, 11) is 0. The summed E-state index contributed by atoms with van der Waals surface area (Å²) in [5.41, 5.74) is 12.5. The lowest BCUT2D eigenvalue weighted by Gasteiger charge is -2.20. The molecule has 2 unspecified atom stereocenters. The molecule has 2 aromatic rings. The second kappa shape index (κ2) is 5.09. The van der Waals surface area contributed by atoms with Crippen LogP contribution < -0.4 is 16.2 Å². The van der Waals surface area contributed by atoms with Gasteiger partial charge in [0, 0.05) is 17.6 Å². The third-order valence-electron chi connectivity index (χ3n) is 3.76. The molecule has 0 spiro atoms. The Balaban J connectivity index is 2.09. The molecule has 0 bridgehead atoms. The number of amides is 1. The Morgan fingerprint density at radius 3 is 2.80 bits per heavy atom. The molecular formula is C15H17N3O2. The number of nitrogens with zero attached hydrogens (tertiary/aromatic N) is 1. The molecule has 0 saturated heterocycles. The van der Waals surface area contributed by atoms with Crippen molar-refractivity contribution in [3.8, 4) is 5.75 Å². The maximum Gasteiger partial charge on any atom is 0.254 e. The standard InChI is InChI=1S/C15H17N3O2/c16-11-5-3-7-13(11)20-14-9-4-1-2-6-12(9)18-8-10(14)15(17)19/h1-2,4,6,8,11,13H,3,5,7,16H2,(H2,17,19). The molecule has 20 heavy (non-hydrogen) atoms. The van der Waals surface area contributed by atoms with Crippen LogP contribution in [0.25, 0.3) is 10.9 Å². The van der Waals surface area contributed by atoms with Gasteiger partial charge in [0.25, 0.3) is 5.91 Å². The predicted molar refractivity (Wildman–Crippen MR) is 76.5 cm³/mol. The highest BCUT2D eigenvalue weighted by molar-refractivity contribution is 6.01. The van der Waals surface area contributed by atoms with E-state index in [0.29, 0.717) is 11.3 Å². The van der Waals surface area contributed by atoms with E-state index < -0.39 is 5.91 Å². The quantitative estimate of drug-likeness (QED) is 0.886. The van der Waals surface area contributed by atoms with Crippen molar-refractivity contribution >= 4 is 16.8 Å². The Bertz CT molecular complexity index is 657. The Labute approximate surface area is 116 Å². The lowest BCUT2D eigenvalue weighted by Crippen LogP contribution is -2.34. The molecule has 1 heterocycles. The normalized spacial score (nSPS) is 22.1. The van der Waals surface area contributed by atoms with Crippen LogP contribution in [0.4, 0.5) is 0 Å². The molecule has 0 aliphatic heterocycles. The number of para-hydroxylation sites is 1. The largest absolute Gasteiger partial charge is 0.487 e. The van der Waals surface area contributed by atoms with Gasteiger partial charge in [-0.15, -0.1) is 0 Å². The van der Waals surface area contributed by atoms with Gasteiger partial charge in [0.15, 0.2) is 0 Å². The summed E-state index contributed by atoms with van der Waals surface area (Å²) < 4.78 is 6.03. The molecule has 1 fully saturated rings. The molecule has 1 aromatic carbocycles. The van der Waals surface area contributed by atoms with E-state index in [2.05, 4.69) is 4.98 Å². The van der Waals surface area contributed by atoms with Crippen molar-refractivity contribution in [2.75, 3.05) is 0 Å². The highest BCUT2D eigenvalue weighted by Gasteiger charge is 2.27. The number of benzene rings is 1.